The minimum absolute atomic E-state index is 0.104. The summed E-state index contributed by atoms with van der Waals surface area (Å²) in [5.41, 5.74) is 2.24. The first-order chi connectivity index (χ1) is 12.1. The van der Waals surface area contributed by atoms with Gasteiger partial charge in [-0.15, -0.1) is 0 Å². The van der Waals surface area contributed by atoms with Gasteiger partial charge in [0.05, 0.1) is 11.2 Å². The third-order valence-electron chi connectivity index (χ3n) is 3.94. The molecule has 6 nitrogen and oxygen atoms in total. The number of Topliss-reactive ketones (excluding diaryl/α,β-unsaturated/α-hetero) is 1. The summed E-state index contributed by atoms with van der Waals surface area (Å²) < 4.78 is 6.68. The number of para-hydroxylation sites is 3. The number of aromatic nitrogens is 1. The number of nitrogens with one attached hydrogen (secondary N) is 1. The average molecular weight is 338 g/mol. The molecular formula is C19H18N2O4. The lowest BCUT2D eigenvalue weighted by Crippen LogP contribution is -2.17. The molecular weight excluding hydrogens is 320 g/mol. The van der Waals surface area contributed by atoms with Crippen LogP contribution in [0.1, 0.15) is 30.1 Å². The molecule has 0 fully saturated rings. The van der Waals surface area contributed by atoms with Gasteiger partial charge in [-0.25, -0.2) is 4.79 Å². The molecule has 0 saturated carbocycles. The van der Waals surface area contributed by atoms with Crippen LogP contribution < -0.4 is 11.1 Å². The third kappa shape index (κ3) is 3.68. The lowest BCUT2D eigenvalue weighted by molar-refractivity contribution is -0.116. The predicted octanol–water partition coefficient (Wildman–Crippen LogP) is 3.22. The zero-order valence-corrected chi connectivity index (χ0v) is 13.8. The van der Waals surface area contributed by atoms with E-state index in [-0.39, 0.29) is 18.1 Å². The SMILES string of the molecule is CC(=O)c1ccccc1NC(=O)CCCn1c(=O)oc2ccccc21. The quantitative estimate of drug-likeness (QED) is 0.700. The minimum atomic E-state index is -0.427. The van der Waals surface area contributed by atoms with E-state index in [1.54, 1.807) is 36.4 Å². The van der Waals surface area contributed by atoms with Crippen LogP contribution in [0, 0.1) is 0 Å². The van der Waals surface area contributed by atoms with E-state index in [0.29, 0.717) is 29.8 Å². The van der Waals surface area contributed by atoms with Crippen LogP contribution in [0.15, 0.2) is 57.7 Å². The second-order valence-corrected chi connectivity index (χ2v) is 5.74. The lowest BCUT2D eigenvalue weighted by atomic mass is 10.1. The fraction of sp³-hybridized carbons (Fsp3) is 0.211. The largest absolute Gasteiger partial charge is 0.419 e. The van der Waals surface area contributed by atoms with Crippen molar-refractivity contribution < 1.29 is 14.0 Å². The van der Waals surface area contributed by atoms with Crippen LogP contribution in [-0.2, 0) is 11.3 Å². The van der Waals surface area contributed by atoms with Crippen LogP contribution in [0.25, 0.3) is 11.1 Å². The van der Waals surface area contributed by atoms with Gasteiger partial charge >= 0.3 is 5.76 Å². The van der Waals surface area contributed by atoms with Gasteiger partial charge in [-0.2, -0.15) is 0 Å². The number of nitrogens with zero attached hydrogens (tertiary/aromatic N) is 1. The molecule has 0 spiro atoms. The van der Waals surface area contributed by atoms with E-state index >= 15 is 0 Å². The van der Waals surface area contributed by atoms with Crippen molar-refractivity contribution in [2.45, 2.75) is 26.3 Å². The molecule has 0 aliphatic rings. The summed E-state index contributed by atoms with van der Waals surface area (Å²) in [4.78, 5) is 35.6. The van der Waals surface area contributed by atoms with Gasteiger partial charge in [-0.1, -0.05) is 24.3 Å². The predicted molar refractivity (Wildman–Crippen MR) is 94.8 cm³/mol. The van der Waals surface area contributed by atoms with Crippen molar-refractivity contribution in [2.75, 3.05) is 5.32 Å². The Morgan fingerprint density at radius 2 is 1.80 bits per heavy atom. The molecule has 0 saturated heterocycles. The number of hydrogen-bond donors (Lipinski definition) is 1. The fourth-order valence-electron chi connectivity index (χ4n) is 2.74. The van der Waals surface area contributed by atoms with E-state index in [2.05, 4.69) is 5.32 Å². The van der Waals surface area contributed by atoms with Crippen LogP contribution in [0.3, 0.4) is 0 Å². The molecule has 1 N–H and O–H groups in total. The highest BCUT2D eigenvalue weighted by atomic mass is 16.4. The molecule has 0 aliphatic heterocycles. The monoisotopic (exact) mass is 338 g/mol. The number of aryl methyl sites for hydroxylation is 1. The van der Waals surface area contributed by atoms with Crippen molar-refractivity contribution in [2.24, 2.45) is 0 Å². The first-order valence-corrected chi connectivity index (χ1v) is 8.04. The molecule has 3 aromatic rings. The number of amides is 1. The maximum Gasteiger partial charge on any atom is 0.419 e. The Bertz CT molecular complexity index is 984. The Morgan fingerprint density at radius 3 is 2.60 bits per heavy atom. The number of rotatable bonds is 6. The van der Waals surface area contributed by atoms with Crippen LogP contribution in [0.2, 0.25) is 0 Å². The van der Waals surface area contributed by atoms with E-state index < -0.39 is 5.76 Å². The minimum Gasteiger partial charge on any atom is -0.408 e. The first kappa shape index (κ1) is 16.7. The Morgan fingerprint density at radius 1 is 1.08 bits per heavy atom. The molecule has 0 unspecified atom stereocenters. The van der Waals surface area contributed by atoms with Gasteiger partial charge in [-0.3, -0.25) is 14.2 Å². The maximum atomic E-state index is 12.1. The normalized spacial score (nSPS) is 10.8. The Balaban J connectivity index is 1.63. The molecule has 128 valence electrons. The van der Waals surface area contributed by atoms with Crippen molar-refractivity contribution >= 4 is 28.5 Å². The zero-order chi connectivity index (χ0) is 17.8. The van der Waals surface area contributed by atoms with E-state index in [1.807, 2.05) is 12.1 Å². The van der Waals surface area contributed by atoms with Gasteiger partial charge in [0.1, 0.15) is 0 Å². The fourth-order valence-corrected chi connectivity index (χ4v) is 2.74. The molecule has 2 aromatic carbocycles. The van der Waals surface area contributed by atoms with Gasteiger partial charge < -0.3 is 9.73 Å². The standard InChI is InChI=1S/C19H18N2O4/c1-13(22)14-7-2-3-8-15(14)20-18(23)11-6-12-21-16-9-4-5-10-17(16)25-19(21)24/h2-5,7-10H,6,11-12H2,1H3,(H,20,23). The second kappa shape index (κ2) is 7.17. The number of ketones is 1. The van der Waals surface area contributed by atoms with Crippen LogP contribution in [-0.4, -0.2) is 16.3 Å². The van der Waals surface area contributed by atoms with Gasteiger partial charge in [-0.05, 0) is 37.6 Å². The molecule has 0 aliphatic carbocycles. The molecule has 0 bridgehead atoms. The summed E-state index contributed by atoms with van der Waals surface area (Å²) in [6.45, 7) is 1.85. The van der Waals surface area contributed by atoms with Crippen molar-refractivity contribution in [1.82, 2.24) is 4.57 Å². The van der Waals surface area contributed by atoms with Crippen LogP contribution in [0.5, 0.6) is 0 Å². The van der Waals surface area contributed by atoms with E-state index in [1.165, 1.54) is 11.5 Å². The molecule has 0 radical (unpaired) electrons. The Kier molecular flexibility index (Phi) is 4.79. The molecule has 1 heterocycles. The van der Waals surface area contributed by atoms with Gasteiger partial charge in [0.15, 0.2) is 11.4 Å². The van der Waals surface area contributed by atoms with Crippen LogP contribution in [0.4, 0.5) is 5.69 Å². The van der Waals surface area contributed by atoms with Crippen LogP contribution >= 0.6 is 0 Å². The van der Waals surface area contributed by atoms with Gasteiger partial charge in [0, 0.05) is 18.5 Å². The lowest BCUT2D eigenvalue weighted by Gasteiger charge is -2.09. The number of fused-ring (bicyclic) bond motifs is 1. The topological polar surface area (TPSA) is 81.3 Å². The summed E-state index contributed by atoms with van der Waals surface area (Å²) >= 11 is 0. The number of carbonyl (C=O) groups is 2. The average Bonchev–Trinajstić information content (AvgIpc) is 2.91. The molecule has 1 amide bonds. The molecule has 6 heteroatoms. The summed E-state index contributed by atoms with van der Waals surface area (Å²) in [6, 6.07) is 14.1. The van der Waals surface area contributed by atoms with Crippen molar-refractivity contribution in [1.29, 1.82) is 0 Å². The highest BCUT2D eigenvalue weighted by Crippen LogP contribution is 2.16. The highest BCUT2D eigenvalue weighted by Gasteiger charge is 2.11. The van der Waals surface area contributed by atoms with Crippen molar-refractivity contribution in [3.8, 4) is 0 Å². The van der Waals surface area contributed by atoms with E-state index in [9.17, 15) is 14.4 Å². The number of carbonyl (C=O) groups excluding carboxylic acids is 2. The second-order valence-electron chi connectivity index (χ2n) is 5.74. The van der Waals surface area contributed by atoms with Gasteiger partial charge in [0.25, 0.3) is 0 Å². The molecule has 0 atom stereocenters. The summed E-state index contributed by atoms with van der Waals surface area (Å²) in [5.74, 6) is -0.731. The summed E-state index contributed by atoms with van der Waals surface area (Å²) in [6.07, 6.45) is 0.718. The number of benzene rings is 2. The summed E-state index contributed by atoms with van der Waals surface area (Å²) in [7, 11) is 0. The Labute approximate surface area is 144 Å². The highest BCUT2D eigenvalue weighted by molar-refractivity contribution is 6.03. The smallest absolute Gasteiger partial charge is 0.408 e. The van der Waals surface area contributed by atoms with E-state index in [0.717, 1.165) is 5.52 Å². The van der Waals surface area contributed by atoms with Gasteiger partial charge in [0.2, 0.25) is 5.91 Å². The number of anilines is 1. The maximum absolute atomic E-state index is 12.1. The van der Waals surface area contributed by atoms with E-state index in [4.69, 9.17) is 4.42 Å². The van der Waals surface area contributed by atoms with Crippen molar-refractivity contribution in [3.63, 3.8) is 0 Å². The Hall–Kier alpha value is -3.15. The number of hydrogen-bond acceptors (Lipinski definition) is 4. The first-order valence-electron chi connectivity index (χ1n) is 8.04. The molecule has 1 aromatic heterocycles. The zero-order valence-electron chi connectivity index (χ0n) is 13.8. The number of oxazole rings is 1. The summed E-state index contributed by atoms with van der Waals surface area (Å²) in [5, 5.41) is 2.75. The van der Waals surface area contributed by atoms with Crippen molar-refractivity contribution in [3.05, 3.63) is 64.6 Å². The third-order valence-corrected chi connectivity index (χ3v) is 3.94. The molecule has 3 rings (SSSR count). The molecule has 25 heavy (non-hydrogen) atoms.